The number of aromatic carboxylic acids is 1. The van der Waals surface area contributed by atoms with Crippen molar-refractivity contribution in [2.45, 2.75) is 57.1 Å². The van der Waals surface area contributed by atoms with Crippen LogP contribution in [0.1, 0.15) is 60.9 Å². The van der Waals surface area contributed by atoms with Crippen LogP contribution in [0.5, 0.6) is 0 Å². The average Bonchev–Trinajstić information content (AvgIpc) is 3.58. The SMILES string of the molecule is O=C(O)OC1(CN(Cc2ccc3cc(-c4ccccc4C(=O)O)ccc3c2)C(=O)CC2CC2)CCCC1. The normalized spacial score (nSPS) is 16.4. The van der Waals surface area contributed by atoms with Gasteiger partial charge >= 0.3 is 12.1 Å². The highest BCUT2D eigenvalue weighted by atomic mass is 16.7. The summed E-state index contributed by atoms with van der Waals surface area (Å²) in [5.74, 6) is -0.490. The van der Waals surface area contributed by atoms with Crippen molar-refractivity contribution >= 4 is 28.8 Å². The van der Waals surface area contributed by atoms with Crippen molar-refractivity contribution in [1.29, 1.82) is 0 Å². The van der Waals surface area contributed by atoms with E-state index in [1.807, 2.05) is 42.5 Å². The Hall–Kier alpha value is -3.87. The lowest BCUT2D eigenvalue weighted by Crippen LogP contribution is -2.46. The molecule has 7 nitrogen and oxygen atoms in total. The maximum atomic E-state index is 13.2. The molecule has 3 aromatic carbocycles. The van der Waals surface area contributed by atoms with Crippen LogP contribution >= 0.6 is 0 Å². The van der Waals surface area contributed by atoms with Gasteiger partial charge in [-0.25, -0.2) is 9.59 Å². The van der Waals surface area contributed by atoms with E-state index in [1.54, 1.807) is 23.1 Å². The fraction of sp³-hybridized carbons (Fsp3) is 0.367. The molecular formula is C30H31NO6. The van der Waals surface area contributed by atoms with Gasteiger partial charge in [-0.1, -0.05) is 42.5 Å². The Labute approximate surface area is 215 Å². The number of ether oxygens (including phenoxy) is 1. The zero-order valence-electron chi connectivity index (χ0n) is 20.7. The molecule has 1 amide bonds. The highest BCUT2D eigenvalue weighted by Gasteiger charge is 2.41. The predicted molar refractivity (Wildman–Crippen MR) is 139 cm³/mol. The summed E-state index contributed by atoms with van der Waals surface area (Å²) < 4.78 is 5.37. The summed E-state index contributed by atoms with van der Waals surface area (Å²) in [5, 5.41) is 20.9. The Kier molecular flexibility index (Phi) is 6.87. The summed E-state index contributed by atoms with van der Waals surface area (Å²) in [4.78, 5) is 38.1. The number of carbonyl (C=O) groups excluding carboxylic acids is 1. The molecule has 3 aromatic rings. The molecular weight excluding hydrogens is 470 g/mol. The number of benzene rings is 3. The van der Waals surface area contributed by atoms with Crippen LogP contribution in [0, 0.1) is 5.92 Å². The van der Waals surface area contributed by atoms with Crippen molar-refractivity contribution in [2.24, 2.45) is 5.92 Å². The fourth-order valence-corrected chi connectivity index (χ4v) is 5.48. The van der Waals surface area contributed by atoms with Crippen LogP contribution in [-0.2, 0) is 16.1 Å². The Morgan fingerprint density at radius 2 is 1.62 bits per heavy atom. The Bertz CT molecular complexity index is 1340. The average molecular weight is 502 g/mol. The first kappa shape index (κ1) is 24.8. The molecule has 2 aliphatic rings. The predicted octanol–water partition coefficient (Wildman–Crippen LogP) is 6.34. The molecule has 2 fully saturated rings. The van der Waals surface area contributed by atoms with E-state index in [9.17, 15) is 24.6 Å². The third kappa shape index (κ3) is 5.77. The number of amides is 1. The van der Waals surface area contributed by atoms with E-state index in [2.05, 4.69) is 0 Å². The van der Waals surface area contributed by atoms with E-state index in [0.717, 1.165) is 47.6 Å². The zero-order chi connectivity index (χ0) is 26.0. The van der Waals surface area contributed by atoms with Crippen LogP contribution in [0.3, 0.4) is 0 Å². The smallest absolute Gasteiger partial charge is 0.478 e. The van der Waals surface area contributed by atoms with Crippen molar-refractivity contribution in [3.63, 3.8) is 0 Å². The van der Waals surface area contributed by atoms with Gasteiger partial charge in [-0.15, -0.1) is 0 Å². The van der Waals surface area contributed by atoms with Gasteiger partial charge in [0.2, 0.25) is 5.91 Å². The van der Waals surface area contributed by atoms with Crippen LogP contribution in [0.15, 0.2) is 60.7 Å². The lowest BCUT2D eigenvalue weighted by atomic mass is 9.96. The first-order valence-corrected chi connectivity index (χ1v) is 12.9. The lowest BCUT2D eigenvalue weighted by Gasteiger charge is -2.34. The third-order valence-electron chi connectivity index (χ3n) is 7.56. The molecule has 0 saturated heterocycles. The summed E-state index contributed by atoms with van der Waals surface area (Å²) in [6.07, 6.45) is 4.38. The third-order valence-corrected chi connectivity index (χ3v) is 7.56. The number of nitrogens with zero attached hydrogens (tertiary/aromatic N) is 1. The van der Waals surface area contributed by atoms with Gasteiger partial charge in [0.1, 0.15) is 5.60 Å². The van der Waals surface area contributed by atoms with Crippen molar-refractivity contribution in [3.05, 3.63) is 71.8 Å². The number of rotatable bonds is 9. The molecule has 0 spiro atoms. The van der Waals surface area contributed by atoms with Crippen LogP contribution < -0.4 is 0 Å². The lowest BCUT2D eigenvalue weighted by molar-refractivity contribution is -0.136. The molecule has 37 heavy (non-hydrogen) atoms. The molecule has 0 bridgehead atoms. The van der Waals surface area contributed by atoms with Crippen molar-refractivity contribution in [3.8, 4) is 11.1 Å². The molecule has 0 radical (unpaired) electrons. The van der Waals surface area contributed by atoms with Gasteiger partial charge in [0, 0.05) is 13.0 Å². The van der Waals surface area contributed by atoms with Gasteiger partial charge < -0.3 is 19.8 Å². The van der Waals surface area contributed by atoms with Crippen LogP contribution in [-0.4, -0.2) is 45.3 Å². The summed E-state index contributed by atoms with van der Waals surface area (Å²) >= 11 is 0. The van der Waals surface area contributed by atoms with Gasteiger partial charge in [0.25, 0.3) is 0 Å². The molecule has 0 aromatic heterocycles. The molecule has 192 valence electrons. The maximum Gasteiger partial charge on any atom is 0.506 e. The van der Waals surface area contributed by atoms with Crippen LogP contribution in [0.4, 0.5) is 4.79 Å². The number of carbonyl (C=O) groups is 3. The quantitative estimate of drug-likeness (QED) is 0.332. The van der Waals surface area contributed by atoms with Crippen LogP contribution in [0.25, 0.3) is 21.9 Å². The summed E-state index contributed by atoms with van der Waals surface area (Å²) in [6.45, 7) is 0.656. The molecule has 0 heterocycles. The monoisotopic (exact) mass is 501 g/mol. The second-order valence-electron chi connectivity index (χ2n) is 10.4. The van der Waals surface area contributed by atoms with E-state index in [-0.39, 0.29) is 18.0 Å². The number of hydrogen-bond donors (Lipinski definition) is 2. The first-order chi connectivity index (χ1) is 17.8. The van der Waals surface area contributed by atoms with Crippen molar-refractivity contribution in [2.75, 3.05) is 6.54 Å². The fourth-order valence-electron chi connectivity index (χ4n) is 5.48. The molecule has 5 rings (SSSR count). The summed E-state index contributed by atoms with van der Waals surface area (Å²) in [6, 6.07) is 18.8. The molecule has 2 N–H and O–H groups in total. The topological polar surface area (TPSA) is 104 Å². The molecule has 0 atom stereocenters. The van der Waals surface area contributed by atoms with E-state index in [4.69, 9.17) is 4.74 Å². The molecule has 2 aliphatic carbocycles. The Morgan fingerprint density at radius 3 is 2.32 bits per heavy atom. The second kappa shape index (κ2) is 10.2. The number of carboxylic acid groups (broad SMARTS) is 2. The van der Waals surface area contributed by atoms with Crippen molar-refractivity contribution < 1.29 is 29.3 Å². The number of fused-ring (bicyclic) bond motifs is 1. The summed E-state index contributed by atoms with van der Waals surface area (Å²) in [7, 11) is 0. The minimum absolute atomic E-state index is 0.0449. The van der Waals surface area contributed by atoms with Gasteiger partial charge in [0.05, 0.1) is 12.1 Å². The van der Waals surface area contributed by atoms with Gasteiger partial charge in [-0.2, -0.15) is 0 Å². The van der Waals surface area contributed by atoms with Gasteiger partial charge in [0.15, 0.2) is 0 Å². The Morgan fingerprint density at radius 1 is 0.919 bits per heavy atom. The molecule has 0 aliphatic heterocycles. The highest BCUT2D eigenvalue weighted by molar-refractivity contribution is 5.98. The maximum absolute atomic E-state index is 13.2. The van der Waals surface area contributed by atoms with E-state index < -0.39 is 17.7 Å². The van der Waals surface area contributed by atoms with E-state index in [0.29, 0.717) is 37.3 Å². The minimum Gasteiger partial charge on any atom is -0.478 e. The minimum atomic E-state index is -1.29. The Balaban J connectivity index is 1.41. The summed E-state index contributed by atoms with van der Waals surface area (Å²) in [5.41, 5.74) is 1.87. The number of carboxylic acids is 1. The highest BCUT2D eigenvalue weighted by Crippen LogP contribution is 2.37. The first-order valence-electron chi connectivity index (χ1n) is 12.9. The molecule has 2 saturated carbocycles. The number of hydrogen-bond acceptors (Lipinski definition) is 4. The molecule has 7 heteroatoms. The van der Waals surface area contributed by atoms with E-state index in [1.165, 1.54) is 0 Å². The molecule has 0 unspecified atom stereocenters. The van der Waals surface area contributed by atoms with Gasteiger partial charge in [-0.3, -0.25) is 4.79 Å². The van der Waals surface area contributed by atoms with E-state index >= 15 is 0 Å². The van der Waals surface area contributed by atoms with Gasteiger partial charge in [-0.05, 0) is 90.1 Å². The largest absolute Gasteiger partial charge is 0.506 e. The zero-order valence-corrected chi connectivity index (χ0v) is 20.7. The standard InChI is InChI=1S/C30H31NO6/c32-27(16-20-7-8-20)31(19-30(37-29(35)36)13-3-4-14-30)18-21-9-10-23-17-24(12-11-22(23)15-21)25-5-1-2-6-26(25)28(33)34/h1-2,5-6,9-12,15,17,20H,3-4,7-8,13-14,16,18-19H2,(H,33,34)(H,35,36). The van der Waals surface area contributed by atoms with Crippen LogP contribution in [0.2, 0.25) is 0 Å². The van der Waals surface area contributed by atoms with Crippen molar-refractivity contribution in [1.82, 2.24) is 4.90 Å². The second-order valence-corrected chi connectivity index (χ2v) is 10.4.